The van der Waals surface area contributed by atoms with Gasteiger partial charge in [0.05, 0.1) is 18.8 Å². The minimum atomic E-state index is -0.419. The van der Waals surface area contributed by atoms with Gasteiger partial charge >= 0.3 is 0 Å². The highest BCUT2D eigenvalue weighted by atomic mass is 19.1. The summed E-state index contributed by atoms with van der Waals surface area (Å²) in [6.07, 6.45) is 1.04. The molecule has 0 aromatic heterocycles. The molecule has 146 valence electrons. The maximum Gasteiger partial charge on any atom is 0.262 e. The Hall–Kier alpha value is -3.09. The summed E-state index contributed by atoms with van der Waals surface area (Å²) >= 11 is 0. The van der Waals surface area contributed by atoms with Crippen molar-refractivity contribution in [2.45, 2.75) is 25.7 Å². The molecule has 2 aromatic rings. The largest absolute Gasteiger partial charge is 0.490 e. The van der Waals surface area contributed by atoms with Crippen molar-refractivity contribution in [3.63, 3.8) is 0 Å². The Balaban J connectivity index is 1.43. The van der Waals surface area contributed by atoms with Gasteiger partial charge in [-0.25, -0.2) is 4.39 Å². The van der Waals surface area contributed by atoms with Gasteiger partial charge in [0, 0.05) is 30.2 Å². The van der Waals surface area contributed by atoms with Gasteiger partial charge < -0.3 is 19.5 Å². The number of ether oxygens (including phenoxy) is 3. The first-order valence-electron chi connectivity index (χ1n) is 9.21. The van der Waals surface area contributed by atoms with Gasteiger partial charge in [0.1, 0.15) is 11.6 Å². The highest BCUT2D eigenvalue weighted by molar-refractivity contribution is 6.04. The fourth-order valence-corrected chi connectivity index (χ4v) is 3.53. The lowest BCUT2D eigenvalue weighted by Gasteiger charge is -2.13. The molecule has 0 saturated carbocycles. The molecule has 1 aliphatic heterocycles. The molecule has 1 atom stereocenters. The van der Waals surface area contributed by atoms with Crippen LogP contribution in [0.1, 0.15) is 41.6 Å². The van der Waals surface area contributed by atoms with Crippen LogP contribution in [0.25, 0.3) is 0 Å². The number of halogens is 1. The lowest BCUT2D eigenvalue weighted by Crippen LogP contribution is -2.21. The van der Waals surface area contributed by atoms with Gasteiger partial charge in [0.25, 0.3) is 5.91 Å². The Kier molecular flexibility index (Phi) is 4.90. The van der Waals surface area contributed by atoms with E-state index < -0.39 is 11.7 Å². The Morgan fingerprint density at radius 2 is 2.00 bits per heavy atom. The molecular formula is C21H20FNO5. The maximum atomic E-state index is 14.0. The van der Waals surface area contributed by atoms with E-state index in [0.29, 0.717) is 36.0 Å². The Labute approximate surface area is 161 Å². The van der Waals surface area contributed by atoms with Gasteiger partial charge in [-0.15, -0.1) is 0 Å². The normalized spacial score (nSPS) is 17.6. The summed E-state index contributed by atoms with van der Waals surface area (Å²) in [6.45, 7) is 2.64. The van der Waals surface area contributed by atoms with Gasteiger partial charge in [-0.3, -0.25) is 9.59 Å². The highest BCUT2D eigenvalue weighted by Gasteiger charge is 2.32. The van der Waals surface area contributed by atoms with E-state index in [1.807, 2.05) is 0 Å². The molecule has 0 radical (unpaired) electrons. The SMILES string of the molecule is C[C@@H]1CC(=O)c2c(OCC(=O)Nc3ccc4c(c3)OCCCO4)ccc(F)c21. The molecule has 2 aromatic carbocycles. The molecule has 2 aliphatic rings. The van der Waals surface area contributed by atoms with Crippen LogP contribution in [0.3, 0.4) is 0 Å². The topological polar surface area (TPSA) is 73.9 Å². The monoisotopic (exact) mass is 385 g/mol. The van der Waals surface area contributed by atoms with Crippen LogP contribution in [0.2, 0.25) is 0 Å². The second-order valence-corrected chi connectivity index (χ2v) is 6.91. The number of carbonyl (C=O) groups excluding carboxylic acids is 2. The second-order valence-electron chi connectivity index (χ2n) is 6.91. The number of hydrogen-bond acceptors (Lipinski definition) is 5. The lowest BCUT2D eigenvalue weighted by molar-refractivity contribution is -0.118. The van der Waals surface area contributed by atoms with E-state index >= 15 is 0 Å². The third-order valence-electron chi connectivity index (χ3n) is 4.81. The fraction of sp³-hybridized carbons (Fsp3) is 0.333. The summed E-state index contributed by atoms with van der Waals surface area (Å²) in [5.74, 6) is 0.276. The minimum absolute atomic E-state index is 0.166. The predicted molar refractivity (Wildman–Crippen MR) is 99.9 cm³/mol. The molecule has 1 amide bonds. The van der Waals surface area contributed by atoms with Crippen LogP contribution in [0, 0.1) is 5.82 Å². The first kappa shape index (κ1) is 18.3. The standard InChI is InChI=1S/C21H20FNO5/c1-12-9-15(24)21-17(6-4-14(22)20(12)21)28-11-19(25)23-13-3-5-16-18(10-13)27-8-2-7-26-16/h3-6,10,12H,2,7-9,11H2,1H3,(H,23,25)/t12-/m1/s1. The van der Waals surface area contributed by atoms with E-state index in [4.69, 9.17) is 14.2 Å². The van der Waals surface area contributed by atoms with Crippen LogP contribution in [0.5, 0.6) is 17.2 Å². The number of anilines is 1. The number of ketones is 1. The molecule has 28 heavy (non-hydrogen) atoms. The van der Waals surface area contributed by atoms with E-state index in [1.165, 1.54) is 12.1 Å². The van der Waals surface area contributed by atoms with Gasteiger partial charge in [-0.2, -0.15) is 0 Å². The number of carbonyl (C=O) groups is 2. The number of hydrogen-bond donors (Lipinski definition) is 1. The zero-order valence-electron chi connectivity index (χ0n) is 15.4. The van der Waals surface area contributed by atoms with Crippen LogP contribution in [0.15, 0.2) is 30.3 Å². The van der Waals surface area contributed by atoms with E-state index in [1.54, 1.807) is 25.1 Å². The first-order valence-corrected chi connectivity index (χ1v) is 9.21. The van der Waals surface area contributed by atoms with Crippen molar-refractivity contribution in [2.75, 3.05) is 25.1 Å². The first-order chi connectivity index (χ1) is 13.5. The fourth-order valence-electron chi connectivity index (χ4n) is 3.53. The van der Waals surface area contributed by atoms with E-state index in [-0.39, 0.29) is 36.0 Å². The number of fused-ring (bicyclic) bond motifs is 2. The predicted octanol–water partition coefficient (Wildman–Crippen LogP) is 3.69. The van der Waals surface area contributed by atoms with Gasteiger partial charge in [0.15, 0.2) is 23.9 Å². The molecule has 1 N–H and O–H groups in total. The summed E-state index contributed by atoms with van der Waals surface area (Å²) in [7, 11) is 0. The highest BCUT2D eigenvalue weighted by Crippen LogP contribution is 2.39. The van der Waals surface area contributed by atoms with Crippen molar-refractivity contribution >= 4 is 17.4 Å². The molecule has 0 fully saturated rings. The number of amides is 1. The molecule has 0 spiro atoms. The van der Waals surface area contributed by atoms with E-state index in [9.17, 15) is 14.0 Å². The van der Waals surface area contributed by atoms with Gasteiger partial charge in [-0.1, -0.05) is 6.92 Å². The quantitative estimate of drug-likeness (QED) is 0.869. The average molecular weight is 385 g/mol. The van der Waals surface area contributed by atoms with E-state index in [0.717, 1.165) is 6.42 Å². The summed E-state index contributed by atoms with van der Waals surface area (Å²) in [6, 6.07) is 7.81. The third-order valence-corrected chi connectivity index (χ3v) is 4.81. The van der Waals surface area contributed by atoms with Crippen molar-refractivity contribution < 1.29 is 28.2 Å². The van der Waals surface area contributed by atoms with Crippen molar-refractivity contribution in [3.8, 4) is 17.2 Å². The molecule has 1 aliphatic carbocycles. The van der Waals surface area contributed by atoms with Crippen LogP contribution >= 0.6 is 0 Å². The van der Waals surface area contributed by atoms with Crippen molar-refractivity contribution in [1.82, 2.24) is 0 Å². The van der Waals surface area contributed by atoms with Crippen molar-refractivity contribution in [3.05, 3.63) is 47.3 Å². The Morgan fingerprint density at radius 1 is 1.21 bits per heavy atom. The van der Waals surface area contributed by atoms with Crippen LogP contribution in [-0.4, -0.2) is 31.5 Å². The number of nitrogens with one attached hydrogen (secondary N) is 1. The summed E-state index contributed by atoms with van der Waals surface area (Å²) in [5.41, 5.74) is 1.16. The maximum absolute atomic E-state index is 14.0. The molecule has 0 unspecified atom stereocenters. The van der Waals surface area contributed by atoms with Crippen LogP contribution in [-0.2, 0) is 4.79 Å². The zero-order chi connectivity index (χ0) is 19.7. The lowest BCUT2D eigenvalue weighted by atomic mass is 10.0. The molecule has 0 saturated heterocycles. The molecule has 1 heterocycles. The molecular weight excluding hydrogens is 365 g/mol. The number of Topliss-reactive ketones (excluding diaryl/α,β-unsaturated/α-hetero) is 1. The van der Waals surface area contributed by atoms with Gasteiger partial charge in [0.2, 0.25) is 0 Å². The third kappa shape index (κ3) is 3.52. The summed E-state index contributed by atoms with van der Waals surface area (Å²) in [5, 5.41) is 2.72. The second kappa shape index (κ2) is 7.50. The Bertz CT molecular complexity index is 943. The van der Waals surface area contributed by atoms with E-state index in [2.05, 4.69) is 5.32 Å². The zero-order valence-corrected chi connectivity index (χ0v) is 15.4. The molecule has 0 bridgehead atoms. The smallest absolute Gasteiger partial charge is 0.262 e. The minimum Gasteiger partial charge on any atom is -0.490 e. The number of benzene rings is 2. The van der Waals surface area contributed by atoms with Crippen LogP contribution < -0.4 is 19.5 Å². The van der Waals surface area contributed by atoms with Gasteiger partial charge in [-0.05, 0) is 30.2 Å². The summed E-state index contributed by atoms with van der Waals surface area (Å²) < 4.78 is 30.7. The van der Waals surface area contributed by atoms with Crippen LogP contribution in [0.4, 0.5) is 10.1 Å². The van der Waals surface area contributed by atoms with Crippen molar-refractivity contribution in [1.29, 1.82) is 0 Å². The molecule has 4 rings (SSSR count). The average Bonchev–Trinajstić information content (AvgIpc) is 2.83. The number of rotatable bonds is 4. The summed E-state index contributed by atoms with van der Waals surface area (Å²) in [4.78, 5) is 24.4. The van der Waals surface area contributed by atoms with Crippen molar-refractivity contribution in [2.24, 2.45) is 0 Å². The molecule has 6 nitrogen and oxygen atoms in total. The molecule has 7 heteroatoms. The Morgan fingerprint density at radius 3 is 2.82 bits per heavy atom.